The average Bonchev–Trinajstić information content (AvgIpc) is 2.85. The van der Waals surface area contributed by atoms with Crippen LogP contribution in [0.1, 0.15) is 71.1 Å². The van der Waals surface area contributed by atoms with Gasteiger partial charge in [-0.05, 0) is 56.3 Å². The molecule has 110 valence electrons. The van der Waals surface area contributed by atoms with Crippen molar-refractivity contribution < 1.29 is 9.84 Å². The summed E-state index contributed by atoms with van der Waals surface area (Å²) in [6.45, 7) is 3.21. The minimum Gasteiger partial charge on any atom is -0.393 e. The fourth-order valence-electron chi connectivity index (χ4n) is 4.85. The lowest BCUT2D eigenvalue weighted by Gasteiger charge is -2.45. The third-order valence-electron chi connectivity index (χ3n) is 6.00. The van der Waals surface area contributed by atoms with E-state index in [9.17, 15) is 5.11 Å². The van der Waals surface area contributed by atoms with Gasteiger partial charge in [0.2, 0.25) is 0 Å². The third kappa shape index (κ3) is 3.00. The molecule has 4 atom stereocenters. The minimum absolute atomic E-state index is 0.0624. The van der Waals surface area contributed by atoms with Gasteiger partial charge in [0.05, 0.1) is 11.7 Å². The summed E-state index contributed by atoms with van der Waals surface area (Å²) in [7, 11) is 0. The maximum absolute atomic E-state index is 10.7. The summed E-state index contributed by atoms with van der Waals surface area (Å²) in [6, 6.07) is 0. The summed E-state index contributed by atoms with van der Waals surface area (Å²) < 4.78 is 6.16. The summed E-state index contributed by atoms with van der Waals surface area (Å²) in [4.78, 5) is 0. The Balaban J connectivity index is 1.61. The molecule has 1 spiro atoms. The number of hydrogen-bond donors (Lipinski definition) is 1. The van der Waals surface area contributed by atoms with E-state index in [1.165, 1.54) is 51.4 Å². The summed E-state index contributed by atoms with van der Waals surface area (Å²) in [5, 5.41) is 10.7. The Morgan fingerprint density at radius 3 is 2.53 bits per heavy atom. The van der Waals surface area contributed by atoms with Crippen LogP contribution in [0.3, 0.4) is 0 Å². The van der Waals surface area contributed by atoms with Crippen molar-refractivity contribution in [2.45, 2.75) is 82.8 Å². The molecule has 2 nitrogen and oxygen atoms in total. The molecular formula is C17H30O2. The van der Waals surface area contributed by atoms with Gasteiger partial charge >= 0.3 is 0 Å². The average molecular weight is 266 g/mol. The van der Waals surface area contributed by atoms with Crippen molar-refractivity contribution in [2.75, 3.05) is 6.61 Å². The van der Waals surface area contributed by atoms with Gasteiger partial charge in [0.25, 0.3) is 0 Å². The molecular weight excluding hydrogens is 236 g/mol. The topological polar surface area (TPSA) is 29.5 Å². The van der Waals surface area contributed by atoms with Gasteiger partial charge in [0, 0.05) is 6.61 Å². The molecule has 0 aromatic carbocycles. The van der Waals surface area contributed by atoms with Gasteiger partial charge in [-0.3, -0.25) is 0 Å². The molecule has 2 heteroatoms. The minimum atomic E-state index is -0.0624. The Bertz CT molecular complexity index is 290. The van der Waals surface area contributed by atoms with E-state index in [2.05, 4.69) is 6.92 Å². The molecule has 0 radical (unpaired) electrons. The summed E-state index contributed by atoms with van der Waals surface area (Å²) in [5.74, 6) is 1.89. The van der Waals surface area contributed by atoms with Crippen LogP contribution in [0, 0.1) is 17.8 Å². The molecule has 19 heavy (non-hydrogen) atoms. The van der Waals surface area contributed by atoms with E-state index in [0.717, 1.165) is 25.4 Å². The molecule has 1 saturated heterocycles. The first-order valence-corrected chi connectivity index (χ1v) is 8.51. The van der Waals surface area contributed by atoms with Crippen LogP contribution < -0.4 is 0 Å². The SMILES string of the molecule is CC1CCC(C(O)C2CCOC3(CCCCC3)C2)C1. The first kappa shape index (κ1) is 13.9. The number of hydrogen-bond acceptors (Lipinski definition) is 2. The molecule has 3 rings (SSSR count). The third-order valence-corrected chi connectivity index (χ3v) is 6.00. The molecule has 2 saturated carbocycles. The maximum atomic E-state index is 10.7. The first-order chi connectivity index (χ1) is 9.19. The van der Waals surface area contributed by atoms with Gasteiger partial charge < -0.3 is 9.84 Å². The lowest BCUT2D eigenvalue weighted by atomic mass is 9.72. The highest BCUT2D eigenvalue weighted by molar-refractivity contribution is 4.93. The molecule has 1 N–H and O–H groups in total. The van der Waals surface area contributed by atoms with Gasteiger partial charge in [-0.1, -0.05) is 32.6 Å². The number of ether oxygens (including phenoxy) is 1. The molecule has 0 amide bonds. The van der Waals surface area contributed by atoms with Crippen molar-refractivity contribution in [2.24, 2.45) is 17.8 Å². The number of aliphatic hydroxyl groups is 1. The first-order valence-electron chi connectivity index (χ1n) is 8.51. The van der Waals surface area contributed by atoms with E-state index in [1.54, 1.807) is 0 Å². The van der Waals surface area contributed by atoms with Crippen LogP contribution in [0.4, 0.5) is 0 Å². The van der Waals surface area contributed by atoms with Crippen molar-refractivity contribution >= 4 is 0 Å². The smallest absolute Gasteiger partial charge is 0.0686 e. The zero-order valence-corrected chi connectivity index (χ0v) is 12.4. The van der Waals surface area contributed by atoms with E-state index < -0.39 is 0 Å². The van der Waals surface area contributed by atoms with Crippen molar-refractivity contribution in [3.63, 3.8) is 0 Å². The van der Waals surface area contributed by atoms with Crippen LogP contribution >= 0.6 is 0 Å². The molecule has 1 heterocycles. The number of aliphatic hydroxyl groups excluding tert-OH is 1. The molecule has 0 aromatic heterocycles. The Labute approximate surface area is 117 Å². The van der Waals surface area contributed by atoms with Gasteiger partial charge in [-0.2, -0.15) is 0 Å². The van der Waals surface area contributed by atoms with Crippen LogP contribution in [-0.2, 0) is 4.74 Å². The Hall–Kier alpha value is -0.0800. The predicted molar refractivity (Wildman–Crippen MR) is 77.0 cm³/mol. The maximum Gasteiger partial charge on any atom is 0.0686 e. The van der Waals surface area contributed by atoms with Gasteiger partial charge in [0.1, 0.15) is 0 Å². The monoisotopic (exact) mass is 266 g/mol. The van der Waals surface area contributed by atoms with Crippen molar-refractivity contribution in [1.29, 1.82) is 0 Å². The molecule has 3 fully saturated rings. The molecule has 3 aliphatic rings. The molecule has 0 aromatic rings. The van der Waals surface area contributed by atoms with Crippen LogP contribution in [0.25, 0.3) is 0 Å². The van der Waals surface area contributed by atoms with Gasteiger partial charge in [0.15, 0.2) is 0 Å². The van der Waals surface area contributed by atoms with Gasteiger partial charge in [-0.25, -0.2) is 0 Å². The van der Waals surface area contributed by atoms with E-state index in [1.807, 2.05) is 0 Å². The van der Waals surface area contributed by atoms with E-state index in [0.29, 0.717) is 11.8 Å². The highest BCUT2D eigenvalue weighted by Crippen LogP contribution is 2.44. The fraction of sp³-hybridized carbons (Fsp3) is 1.00. The zero-order valence-electron chi connectivity index (χ0n) is 12.4. The summed E-state index contributed by atoms with van der Waals surface area (Å²) >= 11 is 0. The highest BCUT2D eigenvalue weighted by atomic mass is 16.5. The van der Waals surface area contributed by atoms with Crippen LogP contribution in [0.15, 0.2) is 0 Å². The van der Waals surface area contributed by atoms with Crippen LogP contribution in [0.2, 0.25) is 0 Å². The van der Waals surface area contributed by atoms with Gasteiger partial charge in [-0.15, -0.1) is 0 Å². The van der Waals surface area contributed by atoms with E-state index >= 15 is 0 Å². The fourth-order valence-corrected chi connectivity index (χ4v) is 4.85. The lowest BCUT2D eigenvalue weighted by molar-refractivity contribution is -0.139. The zero-order chi connectivity index (χ0) is 13.3. The lowest BCUT2D eigenvalue weighted by Crippen LogP contribution is -2.45. The normalized spacial score (nSPS) is 40.4. The second-order valence-electron chi connectivity index (χ2n) is 7.51. The molecule has 1 aliphatic heterocycles. The Kier molecular flexibility index (Phi) is 4.19. The quantitative estimate of drug-likeness (QED) is 0.821. The summed E-state index contributed by atoms with van der Waals surface area (Å²) in [5.41, 5.74) is 0.145. The van der Waals surface area contributed by atoms with Crippen molar-refractivity contribution in [3.8, 4) is 0 Å². The predicted octanol–water partition coefficient (Wildman–Crippen LogP) is 3.91. The summed E-state index contributed by atoms with van der Waals surface area (Å²) in [6.07, 6.45) is 12.4. The standard InChI is InChI=1S/C17H30O2/c1-13-5-6-14(11-13)16(18)15-7-10-19-17(12-15)8-3-2-4-9-17/h13-16,18H,2-12H2,1H3. The van der Waals surface area contributed by atoms with E-state index in [4.69, 9.17) is 4.74 Å². The van der Waals surface area contributed by atoms with Crippen molar-refractivity contribution in [3.05, 3.63) is 0 Å². The van der Waals surface area contributed by atoms with Crippen LogP contribution in [0.5, 0.6) is 0 Å². The molecule has 0 bridgehead atoms. The number of rotatable bonds is 2. The van der Waals surface area contributed by atoms with Crippen molar-refractivity contribution in [1.82, 2.24) is 0 Å². The largest absolute Gasteiger partial charge is 0.393 e. The molecule has 4 unspecified atom stereocenters. The Morgan fingerprint density at radius 1 is 1.05 bits per heavy atom. The second-order valence-corrected chi connectivity index (χ2v) is 7.51. The Morgan fingerprint density at radius 2 is 1.84 bits per heavy atom. The highest BCUT2D eigenvalue weighted by Gasteiger charge is 2.42. The van der Waals surface area contributed by atoms with E-state index in [-0.39, 0.29) is 11.7 Å². The van der Waals surface area contributed by atoms with Crippen LogP contribution in [-0.4, -0.2) is 23.4 Å². The second kappa shape index (κ2) is 5.73. The molecule has 2 aliphatic carbocycles.